The van der Waals surface area contributed by atoms with Gasteiger partial charge in [0, 0.05) is 43.7 Å². The summed E-state index contributed by atoms with van der Waals surface area (Å²) in [6.45, 7) is 8.68. The summed E-state index contributed by atoms with van der Waals surface area (Å²) in [6.07, 6.45) is 0. The van der Waals surface area contributed by atoms with Crippen molar-refractivity contribution in [3.05, 3.63) is 187 Å². The molecule has 2 nitrogen and oxygen atoms in total. The number of H-pyrrole nitrogens is 1. The first-order chi connectivity index (χ1) is 27.0. The van der Waals surface area contributed by atoms with E-state index in [2.05, 4.69) is 199 Å². The number of aromatic amines is 1. The number of fused-ring (bicyclic) bond motifs is 9. The molecule has 0 saturated heterocycles. The highest BCUT2D eigenvalue weighted by Gasteiger charge is 2.35. The van der Waals surface area contributed by atoms with E-state index in [0.717, 1.165) is 11.0 Å². The molecule has 2 heterocycles. The third-order valence-corrected chi connectivity index (χ3v) is 11.7. The molecule has 0 radical (unpaired) electrons. The lowest BCUT2D eigenvalue weighted by Crippen LogP contribution is -2.14. The van der Waals surface area contributed by atoms with E-state index in [9.17, 15) is 0 Å². The van der Waals surface area contributed by atoms with Crippen molar-refractivity contribution in [2.45, 2.75) is 33.1 Å². The average Bonchev–Trinajstić information content (AvgIpc) is 3.87. The van der Waals surface area contributed by atoms with E-state index in [-0.39, 0.29) is 5.41 Å². The molecule has 0 amide bonds. The summed E-state index contributed by atoms with van der Waals surface area (Å²) in [5.41, 5.74) is 18.7. The molecule has 0 atom stereocenters. The molecule has 1 aliphatic carbocycles. The highest BCUT2D eigenvalue weighted by molar-refractivity contribution is 6.13. The van der Waals surface area contributed by atoms with Crippen LogP contribution >= 0.6 is 0 Å². The molecular formula is C53H42N2. The normalized spacial score (nSPS) is 12.9. The predicted molar refractivity (Wildman–Crippen MR) is 235 cm³/mol. The Morgan fingerprint density at radius 2 is 0.945 bits per heavy atom. The first kappa shape index (κ1) is 33.0. The van der Waals surface area contributed by atoms with Crippen molar-refractivity contribution in [3.63, 3.8) is 0 Å². The monoisotopic (exact) mass is 706 g/mol. The van der Waals surface area contributed by atoms with Crippen molar-refractivity contribution < 1.29 is 0 Å². The van der Waals surface area contributed by atoms with Crippen LogP contribution in [0, 0.1) is 0 Å². The van der Waals surface area contributed by atoms with E-state index in [4.69, 9.17) is 0 Å². The predicted octanol–water partition coefficient (Wildman–Crippen LogP) is 14.8. The van der Waals surface area contributed by atoms with Crippen molar-refractivity contribution in [1.29, 1.82) is 0 Å². The fourth-order valence-electron chi connectivity index (χ4n) is 9.13. The van der Waals surface area contributed by atoms with Gasteiger partial charge in [-0.2, -0.15) is 0 Å². The molecule has 10 aromatic rings. The summed E-state index contributed by atoms with van der Waals surface area (Å²) in [7, 11) is 0. The largest absolute Gasteiger partial charge is 0.354 e. The number of nitrogens with zero attached hydrogens (tertiary/aromatic N) is 1. The van der Waals surface area contributed by atoms with Crippen LogP contribution < -0.4 is 0 Å². The van der Waals surface area contributed by atoms with Crippen LogP contribution in [0.5, 0.6) is 0 Å². The Kier molecular flexibility index (Phi) is 7.64. The van der Waals surface area contributed by atoms with Gasteiger partial charge in [-0.1, -0.05) is 155 Å². The number of rotatable bonds is 4. The summed E-state index contributed by atoms with van der Waals surface area (Å²) >= 11 is 0. The van der Waals surface area contributed by atoms with Gasteiger partial charge in [-0.05, 0) is 98.6 Å². The Morgan fingerprint density at radius 3 is 1.67 bits per heavy atom. The van der Waals surface area contributed by atoms with Crippen LogP contribution in [0.1, 0.15) is 38.8 Å². The highest BCUT2D eigenvalue weighted by atomic mass is 15.0. The minimum absolute atomic E-state index is 0.00915. The molecule has 0 bridgehead atoms. The molecule has 2 aromatic heterocycles. The van der Waals surface area contributed by atoms with E-state index < -0.39 is 0 Å². The quantitative estimate of drug-likeness (QED) is 0.188. The third kappa shape index (κ3) is 5.09. The fourth-order valence-corrected chi connectivity index (χ4v) is 9.13. The minimum Gasteiger partial charge on any atom is -0.354 e. The van der Waals surface area contributed by atoms with E-state index >= 15 is 0 Å². The lowest BCUT2D eigenvalue weighted by molar-refractivity contribution is 0.660. The molecular weight excluding hydrogens is 665 g/mol. The molecule has 1 aliphatic rings. The Hall–Kier alpha value is -6.64. The van der Waals surface area contributed by atoms with Gasteiger partial charge < -0.3 is 9.55 Å². The van der Waals surface area contributed by atoms with Crippen LogP contribution in [-0.2, 0) is 5.41 Å². The molecule has 2 heteroatoms. The minimum atomic E-state index is 0.00915. The van der Waals surface area contributed by atoms with Gasteiger partial charge in [0.1, 0.15) is 0 Å². The summed E-state index contributed by atoms with van der Waals surface area (Å²) in [6, 6.07) is 64.8. The van der Waals surface area contributed by atoms with Crippen molar-refractivity contribution in [1.82, 2.24) is 9.55 Å². The number of hydrogen-bond donors (Lipinski definition) is 1. The van der Waals surface area contributed by atoms with Gasteiger partial charge in [-0.3, -0.25) is 0 Å². The fraction of sp³-hybridized carbons (Fsp3) is 0.0943. The van der Waals surface area contributed by atoms with Crippen LogP contribution in [0.4, 0.5) is 0 Å². The van der Waals surface area contributed by atoms with Gasteiger partial charge in [0.25, 0.3) is 0 Å². The van der Waals surface area contributed by atoms with Gasteiger partial charge in [0.2, 0.25) is 0 Å². The Bertz CT molecular complexity index is 3040. The van der Waals surface area contributed by atoms with Gasteiger partial charge >= 0.3 is 0 Å². The number of nitrogens with one attached hydrogen (secondary N) is 1. The standard InChI is InChI=1S/C51H36N2.C2H6/c1-51(2)45-21-6-3-16-39(45)43-30-35(24-26-46(43)51)33-13-9-12-32(28-33)34-14-10-15-36(29-34)38-19-11-20-42-44-31-37(25-27-47(44)52-50(38)42)53-48-22-7-4-17-40(48)41-18-5-8-23-49(41)53;1-2/h3-31,52H,1-2H3;1-2H3. The smallest absolute Gasteiger partial charge is 0.0544 e. The maximum atomic E-state index is 3.81. The van der Waals surface area contributed by atoms with E-state index in [1.807, 2.05) is 13.8 Å². The van der Waals surface area contributed by atoms with Crippen LogP contribution in [0.15, 0.2) is 176 Å². The van der Waals surface area contributed by atoms with Crippen LogP contribution in [0.25, 0.3) is 93.8 Å². The summed E-state index contributed by atoms with van der Waals surface area (Å²) in [5.74, 6) is 0. The molecule has 0 unspecified atom stereocenters. The zero-order valence-electron chi connectivity index (χ0n) is 31.7. The van der Waals surface area contributed by atoms with Crippen LogP contribution in [0.3, 0.4) is 0 Å². The first-order valence-corrected chi connectivity index (χ1v) is 19.5. The zero-order chi connectivity index (χ0) is 37.3. The van der Waals surface area contributed by atoms with Gasteiger partial charge in [0.05, 0.1) is 16.6 Å². The molecule has 0 spiro atoms. The number of benzene rings is 8. The van der Waals surface area contributed by atoms with Crippen LogP contribution in [0.2, 0.25) is 0 Å². The zero-order valence-corrected chi connectivity index (χ0v) is 31.7. The second kappa shape index (κ2) is 12.7. The van der Waals surface area contributed by atoms with E-state index in [1.54, 1.807) is 0 Å². The van der Waals surface area contributed by atoms with Crippen molar-refractivity contribution in [3.8, 4) is 50.2 Å². The molecule has 264 valence electrons. The third-order valence-electron chi connectivity index (χ3n) is 11.7. The second-order valence-corrected chi connectivity index (χ2v) is 15.0. The molecule has 0 fully saturated rings. The molecule has 0 saturated carbocycles. The maximum absolute atomic E-state index is 3.81. The van der Waals surface area contributed by atoms with Gasteiger partial charge in [-0.15, -0.1) is 0 Å². The SMILES string of the molecule is CC.CC1(C)c2ccccc2-c2cc(-c3cccc(-c4cccc(-c5cccc6c5[nH]c5ccc(-n7c8ccccc8c8ccccc87)cc56)c4)c3)ccc21. The number of para-hydroxylation sites is 3. The average molecular weight is 707 g/mol. The molecule has 0 aliphatic heterocycles. The highest BCUT2D eigenvalue weighted by Crippen LogP contribution is 2.49. The molecule has 55 heavy (non-hydrogen) atoms. The maximum Gasteiger partial charge on any atom is 0.0544 e. The Morgan fingerprint density at radius 1 is 0.400 bits per heavy atom. The molecule has 11 rings (SSSR count). The van der Waals surface area contributed by atoms with E-state index in [0.29, 0.717) is 0 Å². The van der Waals surface area contributed by atoms with Crippen molar-refractivity contribution in [2.24, 2.45) is 0 Å². The number of hydrogen-bond acceptors (Lipinski definition) is 0. The summed E-state index contributed by atoms with van der Waals surface area (Å²) < 4.78 is 2.40. The lowest BCUT2D eigenvalue weighted by Gasteiger charge is -2.21. The Labute approximate surface area is 322 Å². The molecule has 8 aromatic carbocycles. The van der Waals surface area contributed by atoms with Gasteiger partial charge in [0.15, 0.2) is 0 Å². The van der Waals surface area contributed by atoms with Crippen molar-refractivity contribution >= 4 is 43.6 Å². The van der Waals surface area contributed by atoms with Gasteiger partial charge in [-0.25, -0.2) is 0 Å². The number of aromatic nitrogens is 2. The van der Waals surface area contributed by atoms with E-state index in [1.165, 1.54) is 93.9 Å². The lowest BCUT2D eigenvalue weighted by atomic mass is 9.82. The Balaban J connectivity index is 0.00000183. The second-order valence-electron chi connectivity index (χ2n) is 15.0. The molecule has 1 N–H and O–H groups in total. The van der Waals surface area contributed by atoms with Crippen LogP contribution in [-0.4, -0.2) is 9.55 Å². The summed E-state index contributed by atoms with van der Waals surface area (Å²) in [4.78, 5) is 3.81. The first-order valence-electron chi connectivity index (χ1n) is 19.5. The van der Waals surface area contributed by atoms with Crippen molar-refractivity contribution in [2.75, 3.05) is 0 Å². The summed E-state index contributed by atoms with van der Waals surface area (Å²) in [5, 5.41) is 5.01. The topological polar surface area (TPSA) is 20.7 Å².